The molecule has 2 N–H and O–H groups in total. The molecule has 10 heteroatoms. The molecule has 26 heavy (non-hydrogen) atoms. The second-order valence-electron chi connectivity index (χ2n) is 5.83. The number of aromatic nitrogens is 2. The highest BCUT2D eigenvalue weighted by Crippen LogP contribution is 2.12. The highest BCUT2D eigenvalue weighted by molar-refractivity contribution is 7.80. The summed E-state index contributed by atoms with van der Waals surface area (Å²) in [5.74, 6) is -0.362. The van der Waals surface area contributed by atoms with Crippen LogP contribution in [-0.2, 0) is 17.8 Å². The molecule has 2 heterocycles. The molecule has 0 radical (unpaired) electrons. The molecule has 1 fully saturated rings. The number of rotatable bonds is 5. The summed E-state index contributed by atoms with van der Waals surface area (Å²) in [6.07, 6.45) is 2.52. The number of piperazine rings is 1. The van der Waals surface area contributed by atoms with Crippen LogP contribution in [0.25, 0.3) is 0 Å². The Labute approximate surface area is 152 Å². The average molecular weight is 379 g/mol. The van der Waals surface area contributed by atoms with Gasteiger partial charge in [-0.15, -0.1) is 0 Å². The third-order valence-electron chi connectivity index (χ3n) is 4.04. The van der Waals surface area contributed by atoms with E-state index in [4.69, 9.17) is 4.55 Å². The predicted molar refractivity (Wildman–Crippen MR) is 94.0 cm³/mol. The van der Waals surface area contributed by atoms with Gasteiger partial charge in [-0.2, -0.15) is 0 Å². The highest BCUT2D eigenvalue weighted by atomic mass is 32.2. The van der Waals surface area contributed by atoms with E-state index in [-0.39, 0.29) is 23.2 Å². The molecule has 1 aliphatic rings. The van der Waals surface area contributed by atoms with Crippen molar-refractivity contribution in [1.82, 2.24) is 19.8 Å². The van der Waals surface area contributed by atoms with Crippen LogP contribution < -0.4 is 4.72 Å². The summed E-state index contributed by atoms with van der Waals surface area (Å²) in [4.78, 5) is 24.3. The van der Waals surface area contributed by atoms with Crippen LogP contribution in [-0.4, -0.2) is 60.6 Å². The van der Waals surface area contributed by atoms with Gasteiger partial charge in [-0.1, -0.05) is 12.1 Å². The van der Waals surface area contributed by atoms with E-state index in [0.29, 0.717) is 32.7 Å². The molecular formula is C16H18FN5O3S. The van der Waals surface area contributed by atoms with E-state index in [1.165, 1.54) is 24.5 Å². The van der Waals surface area contributed by atoms with E-state index >= 15 is 0 Å². The van der Waals surface area contributed by atoms with Gasteiger partial charge in [0.2, 0.25) is 0 Å². The number of nitrogens with zero attached hydrogens (tertiary/aromatic N) is 4. The number of nitrogens with one attached hydrogen (secondary N) is 1. The highest BCUT2D eigenvalue weighted by Gasteiger charge is 2.23. The lowest BCUT2D eigenvalue weighted by atomic mass is 10.2. The first kappa shape index (κ1) is 18.4. The van der Waals surface area contributed by atoms with Crippen molar-refractivity contribution < 1.29 is 17.9 Å². The second kappa shape index (κ2) is 8.30. The lowest BCUT2D eigenvalue weighted by Gasteiger charge is -2.34. The van der Waals surface area contributed by atoms with Gasteiger partial charge in [0.25, 0.3) is 17.2 Å². The molecule has 3 rings (SSSR count). The van der Waals surface area contributed by atoms with Crippen LogP contribution in [0.4, 0.5) is 10.2 Å². The third kappa shape index (κ3) is 4.81. The fraction of sp³-hybridized carbons (Fsp3) is 0.312. The number of carbonyl (C=O) groups is 1. The summed E-state index contributed by atoms with van der Waals surface area (Å²) < 4.78 is 34.5. The number of hydrogen-bond acceptors (Lipinski definition) is 5. The Morgan fingerprint density at radius 3 is 2.42 bits per heavy atom. The Kier molecular flexibility index (Phi) is 5.86. The number of hydrogen-bond donors (Lipinski definition) is 2. The van der Waals surface area contributed by atoms with Crippen LogP contribution >= 0.6 is 0 Å². The number of benzene rings is 1. The van der Waals surface area contributed by atoms with Crippen molar-refractivity contribution >= 4 is 23.0 Å². The topological polar surface area (TPSA) is 98.7 Å². The first-order valence-corrected chi connectivity index (χ1v) is 9.07. The molecular weight excluding hydrogens is 361 g/mol. The third-order valence-corrected chi connectivity index (χ3v) is 4.43. The van der Waals surface area contributed by atoms with Gasteiger partial charge in [0, 0.05) is 32.7 Å². The Bertz CT molecular complexity index is 779. The minimum Gasteiger partial charge on any atom is -0.335 e. The van der Waals surface area contributed by atoms with Crippen molar-refractivity contribution in [2.75, 3.05) is 30.9 Å². The van der Waals surface area contributed by atoms with E-state index < -0.39 is 11.3 Å². The maximum atomic E-state index is 13.0. The monoisotopic (exact) mass is 379 g/mol. The van der Waals surface area contributed by atoms with Crippen molar-refractivity contribution in [3.05, 3.63) is 53.7 Å². The Balaban J connectivity index is 1.53. The van der Waals surface area contributed by atoms with Crippen molar-refractivity contribution in [1.29, 1.82) is 0 Å². The molecule has 1 atom stereocenters. The van der Waals surface area contributed by atoms with Crippen molar-refractivity contribution in [3.8, 4) is 0 Å². The summed E-state index contributed by atoms with van der Waals surface area (Å²) in [7, 11) is 0. The minimum absolute atomic E-state index is 0.117. The van der Waals surface area contributed by atoms with Gasteiger partial charge in [0.15, 0.2) is 5.82 Å². The van der Waals surface area contributed by atoms with Crippen LogP contribution in [0, 0.1) is 5.82 Å². The molecule has 1 aromatic carbocycles. The van der Waals surface area contributed by atoms with Gasteiger partial charge in [-0.3, -0.25) is 19.0 Å². The van der Waals surface area contributed by atoms with Gasteiger partial charge >= 0.3 is 0 Å². The molecule has 138 valence electrons. The molecule has 0 bridgehead atoms. The fourth-order valence-electron chi connectivity index (χ4n) is 2.70. The zero-order chi connectivity index (χ0) is 18.5. The van der Waals surface area contributed by atoms with Crippen LogP contribution in [0.15, 0.2) is 36.7 Å². The summed E-state index contributed by atoms with van der Waals surface area (Å²) in [5, 5.41) is 0. The van der Waals surface area contributed by atoms with Crippen LogP contribution in [0.1, 0.15) is 16.1 Å². The standard InChI is InChI=1S/C16H18FN5O3S/c17-13-3-1-12(2-4-13)11-21-5-7-22(8-6-21)16(23)14-9-19-15(10-18-14)20-26(24)25/h1-4,9-10H,5-8,11H2,(H,19,20)(H,24,25). The van der Waals surface area contributed by atoms with Crippen molar-refractivity contribution in [2.24, 2.45) is 0 Å². The van der Waals surface area contributed by atoms with Crippen LogP contribution in [0.3, 0.4) is 0 Å². The number of amides is 1. The van der Waals surface area contributed by atoms with E-state index in [9.17, 15) is 13.4 Å². The molecule has 1 aliphatic heterocycles. The normalized spacial score (nSPS) is 16.3. The zero-order valence-electron chi connectivity index (χ0n) is 13.8. The Morgan fingerprint density at radius 2 is 1.85 bits per heavy atom. The smallest absolute Gasteiger partial charge is 0.274 e. The summed E-state index contributed by atoms with van der Waals surface area (Å²) in [5.41, 5.74) is 1.22. The van der Waals surface area contributed by atoms with Gasteiger partial charge in [0.1, 0.15) is 11.5 Å². The van der Waals surface area contributed by atoms with E-state index in [0.717, 1.165) is 5.56 Å². The zero-order valence-corrected chi connectivity index (χ0v) is 14.7. The fourth-order valence-corrected chi connectivity index (χ4v) is 2.98. The molecule has 8 nitrogen and oxygen atoms in total. The molecule has 0 spiro atoms. The average Bonchev–Trinajstić information content (AvgIpc) is 2.64. The molecule has 0 aliphatic carbocycles. The van der Waals surface area contributed by atoms with Crippen LogP contribution in [0.2, 0.25) is 0 Å². The molecule has 1 amide bonds. The van der Waals surface area contributed by atoms with Gasteiger partial charge in [-0.25, -0.2) is 18.6 Å². The quantitative estimate of drug-likeness (QED) is 0.756. The number of halogens is 1. The van der Waals surface area contributed by atoms with Crippen molar-refractivity contribution in [3.63, 3.8) is 0 Å². The molecule has 2 aromatic rings. The number of anilines is 1. The van der Waals surface area contributed by atoms with Gasteiger partial charge in [0.05, 0.1) is 12.4 Å². The largest absolute Gasteiger partial charge is 0.335 e. The first-order valence-electron chi connectivity index (χ1n) is 7.97. The predicted octanol–water partition coefficient (Wildman–Crippen LogP) is 1.12. The Hall–Kier alpha value is -2.43. The summed E-state index contributed by atoms with van der Waals surface area (Å²) in [6, 6.07) is 6.41. The number of carbonyl (C=O) groups excluding carboxylic acids is 1. The SMILES string of the molecule is O=C(c1cnc(NS(=O)O)cn1)N1CCN(Cc2ccc(F)cc2)CC1. The lowest BCUT2D eigenvalue weighted by molar-refractivity contribution is 0.0622. The maximum absolute atomic E-state index is 13.0. The Morgan fingerprint density at radius 1 is 1.15 bits per heavy atom. The minimum atomic E-state index is -2.23. The summed E-state index contributed by atoms with van der Waals surface area (Å²) >= 11 is -2.23. The maximum Gasteiger partial charge on any atom is 0.274 e. The van der Waals surface area contributed by atoms with Crippen LogP contribution in [0.5, 0.6) is 0 Å². The first-order chi connectivity index (χ1) is 12.5. The van der Waals surface area contributed by atoms with E-state index in [2.05, 4.69) is 19.6 Å². The molecule has 0 saturated carbocycles. The molecule has 1 unspecified atom stereocenters. The summed E-state index contributed by atoms with van der Waals surface area (Å²) in [6.45, 7) is 3.24. The second-order valence-corrected chi connectivity index (χ2v) is 6.54. The van der Waals surface area contributed by atoms with Gasteiger partial charge < -0.3 is 4.90 Å². The molecule has 1 aromatic heterocycles. The molecule has 1 saturated heterocycles. The van der Waals surface area contributed by atoms with E-state index in [1.54, 1.807) is 17.0 Å². The van der Waals surface area contributed by atoms with E-state index in [1.807, 2.05) is 0 Å². The van der Waals surface area contributed by atoms with Gasteiger partial charge in [-0.05, 0) is 17.7 Å². The lowest BCUT2D eigenvalue weighted by Crippen LogP contribution is -2.48. The van der Waals surface area contributed by atoms with Crippen molar-refractivity contribution in [2.45, 2.75) is 6.54 Å².